The highest BCUT2D eigenvalue weighted by atomic mass is 32.2. The number of aromatic amines is 1. The molecule has 1 aliphatic heterocycles. The van der Waals surface area contributed by atoms with Crippen molar-refractivity contribution < 1.29 is 18.0 Å². The van der Waals surface area contributed by atoms with E-state index in [-0.39, 0.29) is 29.7 Å². The lowest BCUT2D eigenvalue weighted by Gasteiger charge is -2.33. The second-order valence-electron chi connectivity index (χ2n) is 5.88. The number of Topliss-reactive ketones (excluding diaryl/α,β-unsaturated/α-hetero) is 1. The van der Waals surface area contributed by atoms with Crippen molar-refractivity contribution in [1.29, 1.82) is 0 Å². The molecule has 1 aromatic carbocycles. The first-order valence-corrected chi connectivity index (χ1v) is 9.37. The van der Waals surface area contributed by atoms with Crippen LogP contribution in [0.5, 0.6) is 0 Å². The minimum Gasteiger partial charge on any atom is -0.367 e. The van der Waals surface area contributed by atoms with E-state index in [1.54, 1.807) is 23.4 Å². The van der Waals surface area contributed by atoms with Crippen molar-refractivity contribution in [3.63, 3.8) is 0 Å². The van der Waals surface area contributed by atoms with Gasteiger partial charge in [-0.3, -0.25) is 9.59 Å². The van der Waals surface area contributed by atoms with Gasteiger partial charge in [0.05, 0.1) is 10.5 Å². The molecule has 0 radical (unpaired) electrons. The smallest absolute Gasteiger partial charge is 0.255 e. The lowest BCUT2D eigenvalue weighted by Crippen LogP contribution is -2.50. The number of piperazine rings is 1. The Labute approximate surface area is 146 Å². The normalized spacial score (nSPS) is 16.0. The van der Waals surface area contributed by atoms with E-state index >= 15 is 0 Å². The maximum absolute atomic E-state index is 12.7. The van der Waals surface area contributed by atoms with Crippen LogP contribution < -0.4 is 0 Å². The molecule has 1 aromatic heterocycles. The fourth-order valence-electron chi connectivity index (χ4n) is 2.78. The van der Waals surface area contributed by atoms with E-state index in [2.05, 4.69) is 4.98 Å². The topological polar surface area (TPSA) is 90.6 Å². The second-order valence-corrected chi connectivity index (χ2v) is 7.81. The molecular weight excluding hydrogens is 342 g/mol. The van der Waals surface area contributed by atoms with Crippen molar-refractivity contribution in [2.75, 3.05) is 26.2 Å². The predicted octanol–water partition coefficient (Wildman–Crippen LogP) is 1.36. The summed E-state index contributed by atoms with van der Waals surface area (Å²) in [7, 11) is -3.63. The molecule has 25 heavy (non-hydrogen) atoms. The van der Waals surface area contributed by atoms with Crippen LogP contribution in [0.2, 0.25) is 0 Å². The number of nitrogens with zero attached hydrogens (tertiary/aromatic N) is 2. The minimum atomic E-state index is -3.63. The number of nitrogens with one attached hydrogen (secondary N) is 1. The number of hydrogen-bond donors (Lipinski definition) is 1. The van der Waals surface area contributed by atoms with Gasteiger partial charge in [0.25, 0.3) is 5.91 Å². The van der Waals surface area contributed by atoms with E-state index in [0.717, 1.165) is 0 Å². The first-order chi connectivity index (χ1) is 11.9. The quantitative estimate of drug-likeness (QED) is 0.833. The van der Waals surface area contributed by atoms with E-state index in [9.17, 15) is 18.0 Å². The Morgan fingerprint density at radius 3 is 2.12 bits per heavy atom. The van der Waals surface area contributed by atoms with Crippen LogP contribution in [0.25, 0.3) is 0 Å². The van der Waals surface area contributed by atoms with Crippen molar-refractivity contribution in [1.82, 2.24) is 14.2 Å². The maximum Gasteiger partial charge on any atom is 0.255 e. The third-order valence-electron chi connectivity index (χ3n) is 4.27. The molecule has 1 saturated heterocycles. The fraction of sp³-hybridized carbons (Fsp3) is 0.294. The fourth-order valence-corrected chi connectivity index (χ4v) is 4.20. The van der Waals surface area contributed by atoms with Gasteiger partial charge in [-0.15, -0.1) is 0 Å². The van der Waals surface area contributed by atoms with E-state index < -0.39 is 10.0 Å². The molecule has 0 aliphatic carbocycles. The van der Waals surface area contributed by atoms with Crippen LogP contribution in [0.15, 0.2) is 47.6 Å². The van der Waals surface area contributed by atoms with Gasteiger partial charge in [-0.1, -0.05) is 12.1 Å². The zero-order valence-electron chi connectivity index (χ0n) is 13.8. The molecule has 0 unspecified atom stereocenters. The van der Waals surface area contributed by atoms with E-state index in [4.69, 9.17) is 0 Å². The van der Waals surface area contributed by atoms with Crippen LogP contribution in [-0.2, 0) is 10.0 Å². The van der Waals surface area contributed by atoms with Crippen molar-refractivity contribution in [2.24, 2.45) is 0 Å². The van der Waals surface area contributed by atoms with Crippen molar-refractivity contribution in [2.45, 2.75) is 11.8 Å². The standard InChI is InChI=1S/C17H19N3O4S/c1-13(21)14-2-4-16(5-3-14)25(23,24)20-10-8-19(9-11-20)17(22)15-6-7-18-12-15/h2-7,12,18H,8-11H2,1H3. The monoisotopic (exact) mass is 361 g/mol. The summed E-state index contributed by atoms with van der Waals surface area (Å²) in [6.45, 7) is 2.60. The number of benzene rings is 1. The molecule has 7 nitrogen and oxygen atoms in total. The highest BCUT2D eigenvalue weighted by molar-refractivity contribution is 7.89. The maximum atomic E-state index is 12.7. The van der Waals surface area contributed by atoms with Crippen LogP contribution in [-0.4, -0.2) is 60.5 Å². The third kappa shape index (κ3) is 3.49. The largest absolute Gasteiger partial charge is 0.367 e. The molecule has 3 rings (SSSR count). The van der Waals surface area contributed by atoms with Crippen molar-refractivity contribution in [3.8, 4) is 0 Å². The molecule has 1 N–H and O–H groups in total. The van der Waals surface area contributed by atoms with Gasteiger partial charge >= 0.3 is 0 Å². The van der Waals surface area contributed by atoms with Crippen LogP contribution in [0.3, 0.4) is 0 Å². The van der Waals surface area contributed by atoms with E-state index in [1.807, 2.05) is 0 Å². The summed E-state index contributed by atoms with van der Waals surface area (Å²) >= 11 is 0. The Morgan fingerprint density at radius 1 is 0.960 bits per heavy atom. The average molecular weight is 361 g/mol. The van der Waals surface area contributed by atoms with Gasteiger partial charge in [0.1, 0.15) is 0 Å². The Kier molecular flexibility index (Phi) is 4.73. The number of H-pyrrole nitrogens is 1. The number of carbonyl (C=O) groups excluding carboxylic acids is 2. The molecule has 132 valence electrons. The Hall–Kier alpha value is -2.45. The van der Waals surface area contributed by atoms with Crippen LogP contribution >= 0.6 is 0 Å². The second kappa shape index (κ2) is 6.81. The summed E-state index contributed by atoms with van der Waals surface area (Å²) in [6.07, 6.45) is 3.31. The van der Waals surface area contributed by atoms with Gasteiger partial charge in [0.2, 0.25) is 10.0 Å². The SMILES string of the molecule is CC(=O)c1ccc(S(=O)(=O)N2CCN(C(=O)c3cc[nH]c3)CC2)cc1. The van der Waals surface area contributed by atoms with Crippen LogP contribution in [0.4, 0.5) is 0 Å². The number of hydrogen-bond acceptors (Lipinski definition) is 4. The molecule has 0 saturated carbocycles. The number of carbonyl (C=O) groups is 2. The molecule has 2 aromatic rings. The Morgan fingerprint density at radius 2 is 1.60 bits per heavy atom. The zero-order valence-corrected chi connectivity index (χ0v) is 14.6. The van der Waals surface area contributed by atoms with Crippen molar-refractivity contribution >= 4 is 21.7 Å². The molecular formula is C17H19N3O4S. The van der Waals surface area contributed by atoms with Gasteiger partial charge in [-0.25, -0.2) is 8.42 Å². The van der Waals surface area contributed by atoms with E-state index in [1.165, 1.54) is 35.5 Å². The number of sulfonamides is 1. The summed E-state index contributed by atoms with van der Waals surface area (Å²) in [4.78, 5) is 28.2. The van der Waals surface area contributed by atoms with Gasteiger partial charge in [-0.2, -0.15) is 4.31 Å². The van der Waals surface area contributed by atoms with Gasteiger partial charge in [-0.05, 0) is 25.1 Å². The molecule has 8 heteroatoms. The highest BCUT2D eigenvalue weighted by Gasteiger charge is 2.30. The highest BCUT2D eigenvalue weighted by Crippen LogP contribution is 2.19. The number of amides is 1. The molecule has 1 fully saturated rings. The summed E-state index contributed by atoms with van der Waals surface area (Å²) in [5.74, 6) is -0.218. The molecule has 1 aliphatic rings. The Balaban J connectivity index is 1.69. The lowest BCUT2D eigenvalue weighted by atomic mass is 10.2. The van der Waals surface area contributed by atoms with Crippen molar-refractivity contribution in [3.05, 3.63) is 53.9 Å². The lowest BCUT2D eigenvalue weighted by molar-refractivity contribution is 0.0698. The first-order valence-electron chi connectivity index (χ1n) is 7.93. The molecule has 0 atom stereocenters. The summed E-state index contributed by atoms with van der Waals surface area (Å²) in [5, 5.41) is 0. The van der Waals surface area contributed by atoms with Crippen LogP contribution in [0, 0.1) is 0 Å². The predicted molar refractivity (Wildman–Crippen MR) is 91.9 cm³/mol. The van der Waals surface area contributed by atoms with Gasteiger partial charge in [0.15, 0.2) is 5.78 Å². The minimum absolute atomic E-state index is 0.107. The summed E-state index contributed by atoms with van der Waals surface area (Å²) in [5.41, 5.74) is 1.04. The third-order valence-corrected chi connectivity index (χ3v) is 6.18. The number of ketones is 1. The Bertz CT molecular complexity index is 865. The summed E-state index contributed by atoms with van der Waals surface area (Å²) < 4.78 is 26.8. The molecule has 1 amide bonds. The van der Waals surface area contributed by atoms with Gasteiger partial charge < -0.3 is 9.88 Å². The molecule has 0 bridgehead atoms. The average Bonchev–Trinajstić information content (AvgIpc) is 3.16. The summed E-state index contributed by atoms with van der Waals surface area (Å²) in [6, 6.07) is 7.62. The first kappa shape index (κ1) is 17.4. The number of aromatic nitrogens is 1. The van der Waals surface area contributed by atoms with E-state index in [0.29, 0.717) is 24.2 Å². The molecule has 2 heterocycles. The van der Waals surface area contributed by atoms with Gasteiger partial charge in [0, 0.05) is 44.1 Å². The van der Waals surface area contributed by atoms with Crippen LogP contribution in [0.1, 0.15) is 27.6 Å². The molecule has 0 spiro atoms. The number of rotatable bonds is 4. The zero-order chi connectivity index (χ0) is 18.0.